The number of hydrogen-bond acceptors (Lipinski definition) is 4. The number of benzene rings is 1. The number of para-hydroxylation sites is 1. The van der Waals surface area contributed by atoms with Gasteiger partial charge in [0.25, 0.3) is 5.91 Å². The van der Waals surface area contributed by atoms with Crippen LogP contribution in [0.5, 0.6) is 0 Å². The molecular weight excluding hydrogens is 251 g/mol. The molecule has 19 heavy (non-hydrogen) atoms. The molecule has 6 nitrogen and oxygen atoms in total. The summed E-state index contributed by atoms with van der Waals surface area (Å²) in [5.41, 5.74) is 7.25. The number of halogens is 1. The van der Waals surface area contributed by atoms with Crippen LogP contribution in [0.1, 0.15) is 29.6 Å². The van der Waals surface area contributed by atoms with Crippen LogP contribution in [0.2, 0.25) is 0 Å². The zero-order valence-electron chi connectivity index (χ0n) is 10.4. The van der Waals surface area contributed by atoms with Crippen molar-refractivity contribution in [3.05, 3.63) is 29.6 Å². The third-order valence-corrected chi connectivity index (χ3v) is 2.54. The predicted molar refractivity (Wildman–Crippen MR) is 69.6 cm³/mol. The highest BCUT2D eigenvalue weighted by Gasteiger charge is 2.13. The van der Waals surface area contributed by atoms with E-state index < -0.39 is 11.7 Å². The Hall–Kier alpha value is -2.15. The molecule has 0 aliphatic carbocycles. The van der Waals surface area contributed by atoms with Crippen LogP contribution in [0.15, 0.2) is 18.2 Å². The molecule has 0 atom stereocenters. The van der Waals surface area contributed by atoms with Crippen molar-refractivity contribution in [3.8, 4) is 0 Å². The third kappa shape index (κ3) is 4.55. The number of amides is 2. The van der Waals surface area contributed by atoms with E-state index in [1.807, 2.05) is 0 Å². The average molecular weight is 268 g/mol. The van der Waals surface area contributed by atoms with E-state index in [0.29, 0.717) is 19.4 Å². The fourth-order valence-corrected chi connectivity index (χ4v) is 1.58. The van der Waals surface area contributed by atoms with Crippen LogP contribution >= 0.6 is 0 Å². The molecule has 0 heterocycles. The lowest BCUT2D eigenvalue weighted by Crippen LogP contribution is -2.26. The highest BCUT2D eigenvalue weighted by Crippen LogP contribution is 2.18. The van der Waals surface area contributed by atoms with Crippen molar-refractivity contribution in [2.75, 3.05) is 12.0 Å². The maximum absolute atomic E-state index is 13.4. The molecule has 0 bridgehead atoms. The van der Waals surface area contributed by atoms with E-state index in [4.69, 9.17) is 11.6 Å². The Bertz CT molecular complexity index is 465. The van der Waals surface area contributed by atoms with Gasteiger partial charge in [0.15, 0.2) is 0 Å². The van der Waals surface area contributed by atoms with Crippen LogP contribution in [0.4, 0.5) is 10.1 Å². The number of unbranched alkanes of at least 4 members (excludes halogenated alkanes) is 1. The second kappa shape index (κ2) is 7.32. The Morgan fingerprint density at radius 2 is 2.00 bits per heavy atom. The minimum Gasteiger partial charge on any atom is -0.370 e. The Morgan fingerprint density at radius 3 is 2.63 bits per heavy atom. The summed E-state index contributed by atoms with van der Waals surface area (Å²) >= 11 is 0. The van der Waals surface area contributed by atoms with Gasteiger partial charge in [-0.25, -0.2) is 4.39 Å². The number of hydrazine groups is 1. The van der Waals surface area contributed by atoms with Gasteiger partial charge in [0.05, 0.1) is 11.3 Å². The van der Waals surface area contributed by atoms with Crippen LogP contribution in [-0.4, -0.2) is 18.4 Å². The van der Waals surface area contributed by atoms with Gasteiger partial charge >= 0.3 is 0 Å². The van der Waals surface area contributed by atoms with E-state index in [0.717, 1.165) is 0 Å². The molecule has 1 aromatic rings. The lowest BCUT2D eigenvalue weighted by Gasteiger charge is -2.10. The average Bonchev–Trinajstić information content (AvgIpc) is 2.37. The van der Waals surface area contributed by atoms with Crippen molar-refractivity contribution in [1.82, 2.24) is 5.32 Å². The topological polar surface area (TPSA) is 110 Å². The van der Waals surface area contributed by atoms with Crippen LogP contribution in [0, 0.1) is 5.82 Å². The monoisotopic (exact) mass is 268 g/mol. The summed E-state index contributed by atoms with van der Waals surface area (Å²) in [5.74, 6) is 3.79. The van der Waals surface area contributed by atoms with Gasteiger partial charge in [-0.2, -0.15) is 0 Å². The summed E-state index contributed by atoms with van der Waals surface area (Å²) in [7, 11) is 0. The Labute approximate surface area is 110 Å². The fourth-order valence-electron chi connectivity index (χ4n) is 1.58. The van der Waals surface area contributed by atoms with Crippen molar-refractivity contribution in [1.29, 1.82) is 0 Å². The number of hydrogen-bond donors (Lipinski definition) is 4. The number of primary amides is 1. The fraction of sp³-hybridized carbons (Fsp3) is 0.333. The number of anilines is 1. The molecule has 0 spiro atoms. The van der Waals surface area contributed by atoms with E-state index in [1.54, 1.807) is 0 Å². The van der Waals surface area contributed by atoms with Gasteiger partial charge in [-0.3, -0.25) is 15.4 Å². The van der Waals surface area contributed by atoms with Crippen molar-refractivity contribution >= 4 is 17.5 Å². The second-order valence-electron chi connectivity index (χ2n) is 3.99. The zero-order chi connectivity index (χ0) is 14.3. The van der Waals surface area contributed by atoms with Crippen LogP contribution < -0.4 is 22.3 Å². The highest BCUT2D eigenvalue weighted by atomic mass is 19.1. The molecule has 0 saturated carbocycles. The van der Waals surface area contributed by atoms with Crippen molar-refractivity contribution in [2.24, 2.45) is 11.6 Å². The summed E-state index contributed by atoms with van der Waals surface area (Å²) in [5, 5.41) is 2.62. The number of carbonyl (C=O) groups excluding carboxylic acids is 2. The van der Waals surface area contributed by atoms with Gasteiger partial charge in [0, 0.05) is 13.0 Å². The van der Waals surface area contributed by atoms with E-state index in [9.17, 15) is 14.0 Å². The number of nitrogens with one attached hydrogen (secondary N) is 2. The van der Waals surface area contributed by atoms with Gasteiger partial charge in [-0.1, -0.05) is 6.07 Å². The Kier molecular flexibility index (Phi) is 5.74. The molecule has 0 unspecified atom stereocenters. The summed E-state index contributed by atoms with van der Waals surface area (Å²) in [6.45, 7) is 0.382. The number of rotatable bonds is 7. The lowest BCUT2D eigenvalue weighted by atomic mass is 10.1. The number of nitrogen functional groups attached to an aromatic ring is 1. The van der Waals surface area contributed by atoms with Crippen molar-refractivity contribution in [3.63, 3.8) is 0 Å². The molecule has 0 aromatic heterocycles. The summed E-state index contributed by atoms with van der Waals surface area (Å²) in [6, 6.07) is 4.11. The molecule has 7 heteroatoms. The minimum atomic E-state index is -0.594. The molecule has 0 radical (unpaired) electrons. The van der Waals surface area contributed by atoms with Gasteiger partial charge < -0.3 is 16.5 Å². The molecule has 1 rings (SSSR count). The summed E-state index contributed by atoms with van der Waals surface area (Å²) < 4.78 is 13.4. The van der Waals surface area contributed by atoms with E-state index in [-0.39, 0.29) is 23.6 Å². The molecule has 2 amide bonds. The van der Waals surface area contributed by atoms with Gasteiger partial charge in [-0.15, -0.1) is 0 Å². The predicted octanol–water partition coefficient (Wildman–Crippen LogP) is 0.497. The second-order valence-corrected chi connectivity index (χ2v) is 3.99. The molecule has 6 N–H and O–H groups in total. The van der Waals surface area contributed by atoms with Gasteiger partial charge in [-0.05, 0) is 25.0 Å². The van der Waals surface area contributed by atoms with Gasteiger partial charge in [0.1, 0.15) is 5.82 Å². The zero-order valence-corrected chi connectivity index (χ0v) is 10.4. The normalized spacial score (nSPS) is 10.0. The van der Waals surface area contributed by atoms with Crippen molar-refractivity contribution in [2.45, 2.75) is 19.3 Å². The molecule has 0 fully saturated rings. The number of nitrogens with two attached hydrogens (primary N) is 2. The Balaban J connectivity index is 2.50. The lowest BCUT2D eigenvalue weighted by molar-refractivity contribution is -0.118. The largest absolute Gasteiger partial charge is 0.370 e. The molecule has 1 aromatic carbocycles. The van der Waals surface area contributed by atoms with Crippen LogP contribution in [-0.2, 0) is 4.79 Å². The highest BCUT2D eigenvalue weighted by molar-refractivity contribution is 5.99. The van der Waals surface area contributed by atoms with Crippen LogP contribution in [0.25, 0.3) is 0 Å². The molecular formula is C12H17FN4O2. The first kappa shape index (κ1) is 14.9. The maximum Gasteiger partial charge on any atom is 0.253 e. The van der Waals surface area contributed by atoms with E-state index >= 15 is 0 Å². The molecule has 0 saturated heterocycles. The molecule has 104 valence electrons. The van der Waals surface area contributed by atoms with E-state index in [1.165, 1.54) is 18.2 Å². The first-order valence-electron chi connectivity index (χ1n) is 5.88. The maximum atomic E-state index is 13.4. The first-order chi connectivity index (χ1) is 9.06. The summed E-state index contributed by atoms with van der Waals surface area (Å²) in [6.07, 6.45) is 1.50. The van der Waals surface area contributed by atoms with Gasteiger partial charge in [0.2, 0.25) is 5.91 Å². The van der Waals surface area contributed by atoms with E-state index in [2.05, 4.69) is 10.7 Å². The van der Waals surface area contributed by atoms with Crippen LogP contribution in [0.3, 0.4) is 0 Å². The SMILES string of the molecule is NNc1c(F)cccc1C(=O)NCCCCC(N)=O. The first-order valence-corrected chi connectivity index (χ1v) is 5.88. The Morgan fingerprint density at radius 1 is 1.26 bits per heavy atom. The molecule has 0 aliphatic heterocycles. The minimum absolute atomic E-state index is 0.0443. The standard InChI is InChI=1S/C12H17FN4O2/c13-9-5-3-4-8(11(9)17-15)12(19)16-7-2-1-6-10(14)18/h3-5,17H,1-2,6-7,15H2,(H2,14,18)(H,16,19). The van der Waals surface area contributed by atoms with Crippen molar-refractivity contribution < 1.29 is 14.0 Å². The summed E-state index contributed by atoms with van der Waals surface area (Å²) in [4.78, 5) is 22.3. The third-order valence-electron chi connectivity index (χ3n) is 2.54. The molecule has 0 aliphatic rings. The quantitative estimate of drug-likeness (QED) is 0.328. The number of carbonyl (C=O) groups is 2. The smallest absolute Gasteiger partial charge is 0.253 e.